The monoisotopic (exact) mass is 449 g/mol. The molecule has 1 amide bonds. The molecule has 33 heavy (non-hydrogen) atoms. The third kappa shape index (κ3) is 4.79. The number of ether oxygens (including phenoxy) is 1. The quantitative estimate of drug-likeness (QED) is 0.448. The number of halogens is 1. The minimum Gasteiger partial charge on any atom is -0.439 e. The standard InChI is InChI=1S/C23H20FN5O4/c1-2-9-29-19-18(21(31)28-23(29)32)10-15(13-26-19)20(30)27-12-14-5-4-8-25-22(14)33-17-7-3-6-16(24)11-17/h3-8,10-11,13H,2,9,12H2,1H3,(H,27,30)(H,28,31,32). The van der Waals surface area contributed by atoms with Crippen LogP contribution in [0.5, 0.6) is 11.6 Å². The fraction of sp³-hybridized carbons (Fsp3) is 0.174. The normalized spacial score (nSPS) is 10.8. The van der Waals surface area contributed by atoms with E-state index in [1.165, 1.54) is 41.2 Å². The van der Waals surface area contributed by atoms with Crippen LogP contribution in [-0.4, -0.2) is 25.4 Å². The van der Waals surface area contributed by atoms with Crippen molar-refractivity contribution in [2.24, 2.45) is 0 Å². The smallest absolute Gasteiger partial charge is 0.329 e. The van der Waals surface area contributed by atoms with Crippen LogP contribution < -0.4 is 21.3 Å². The molecule has 0 fully saturated rings. The van der Waals surface area contributed by atoms with Gasteiger partial charge in [0.25, 0.3) is 11.5 Å². The van der Waals surface area contributed by atoms with Gasteiger partial charge in [-0.05, 0) is 30.7 Å². The Labute approximate surface area is 186 Å². The van der Waals surface area contributed by atoms with Gasteiger partial charge in [0.2, 0.25) is 5.88 Å². The van der Waals surface area contributed by atoms with Crippen LogP contribution in [-0.2, 0) is 13.1 Å². The van der Waals surface area contributed by atoms with Crippen molar-refractivity contribution < 1.29 is 13.9 Å². The second-order valence-electron chi connectivity index (χ2n) is 7.22. The van der Waals surface area contributed by atoms with Crippen LogP contribution in [0.3, 0.4) is 0 Å². The Hall–Kier alpha value is -4.34. The van der Waals surface area contributed by atoms with E-state index in [4.69, 9.17) is 4.74 Å². The molecule has 0 saturated heterocycles. The molecule has 0 aliphatic heterocycles. The molecule has 4 rings (SSSR count). The number of hydrogen-bond acceptors (Lipinski definition) is 6. The predicted molar refractivity (Wildman–Crippen MR) is 119 cm³/mol. The average molecular weight is 449 g/mol. The molecular formula is C23H20FN5O4. The van der Waals surface area contributed by atoms with Gasteiger partial charge in [0, 0.05) is 37.1 Å². The van der Waals surface area contributed by atoms with Crippen LogP contribution in [0, 0.1) is 5.82 Å². The lowest BCUT2D eigenvalue weighted by atomic mass is 10.2. The highest BCUT2D eigenvalue weighted by atomic mass is 19.1. The number of rotatable bonds is 7. The molecule has 0 radical (unpaired) electrons. The lowest BCUT2D eigenvalue weighted by Crippen LogP contribution is -2.31. The number of H-pyrrole nitrogens is 1. The molecule has 10 heteroatoms. The highest BCUT2D eigenvalue weighted by Gasteiger charge is 2.14. The first-order chi connectivity index (χ1) is 16.0. The van der Waals surface area contributed by atoms with Gasteiger partial charge in [0.05, 0.1) is 10.9 Å². The number of amides is 1. The fourth-order valence-electron chi connectivity index (χ4n) is 3.29. The number of nitrogens with zero attached hydrogens (tertiary/aromatic N) is 3. The topological polar surface area (TPSA) is 119 Å². The number of carbonyl (C=O) groups is 1. The lowest BCUT2D eigenvalue weighted by molar-refractivity contribution is 0.0950. The summed E-state index contributed by atoms with van der Waals surface area (Å²) in [4.78, 5) is 47.6. The maximum Gasteiger partial charge on any atom is 0.329 e. The first-order valence-electron chi connectivity index (χ1n) is 10.2. The zero-order chi connectivity index (χ0) is 23.4. The Balaban J connectivity index is 1.55. The average Bonchev–Trinajstić information content (AvgIpc) is 2.81. The Kier molecular flexibility index (Phi) is 6.25. The molecule has 0 aliphatic carbocycles. The third-order valence-electron chi connectivity index (χ3n) is 4.84. The summed E-state index contributed by atoms with van der Waals surface area (Å²) >= 11 is 0. The zero-order valence-electron chi connectivity index (χ0n) is 17.7. The van der Waals surface area contributed by atoms with E-state index in [1.807, 2.05) is 6.92 Å². The Morgan fingerprint density at radius 2 is 2.03 bits per heavy atom. The molecule has 0 unspecified atom stereocenters. The van der Waals surface area contributed by atoms with Crippen LogP contribution in [0.15, 0.2) is 64.4 Å². The summed E-state index contributed by atoms with van der Waals surface area (Å²) in [5.41, 5.74) is -0.200. The van der Waals surface area contributed by atoms with Crippen LogP contribution in [0.4, 0.5) is 4.39 Å². The summed E-state index contributed by atoms with van der Waals surface area (Å²) in [6.45, 7) is 2.36. The number of nitrogens with one attached hydrogen (secondary N) is 2. The second kappa shape index (κ2) is 9.43. The Bertz CT molecular complexity index is 1450. The van der Waals surface area contributed by atoms with Crippen molar-refractivity contribution in [2.75, 3.05) is 0 Å². The van der Waals surface area contributed by atoms with E-state index >= 15 is 0 Å². The van der Waals surface area contributed by atoms with Crippen LogP contribution in [0.2, 0.25) is 0 Å². The summed E-state index contributed by atoms with van der Waals surface area (Å²) in [6.07, 6.45) is 3.52. The number of fused-ring (bicyclic) bond motifs is 1. The van der Waals surface area contributed by atoms with Crippen molar-refractivity contribution in [3.05, 3.63) is 92.6 Å². The van der Waals surface area contributed by atoms with E-state index in [0.717, 1.165) is 0 Å². The third-order valence-corrected chi connectivity index (χ3v) is 4.84. The van der Waals surface area contributed by atoms with Crippen LogP contribution >= 0.6 is 0 Å². The fourth-order valence-corrected chi connectivity index (χ4v) is 3.29. The molecule has 4 aromatic rings. The lowest BCUT2D eigenvalue weighted by Gasteiger charge is -2.11. The maximum atomic E-state index is 13.4. The number of hydrogen-bond donors (Lipinski definition) is 2. The van der Waals surface area contributed by atoms with E-state index in [1.54, 1.807) is 18.2 Å². The minimum atomic E-state index is -0.609. The Morgan fingerprint density at radius 3 is 2.82 bits per heavy atom. The maximum absolute atomic E-state index is 13.4. The van der Waals surface area contributed by atoms with Crippen molar-refractivity contribution in [1.82, 2.24) is 24.8 Å². The van der Waals surface area contributed by atoms with Gasteiger partial charge >= 0.3 is 5.69 Å². The Morgan fingerprint density at radius 1 is 1.18 bits per heavy atom. The number of carbonyl (C=O) groups excluding carboxylic acids is 1. The van der Waals surface area contributed by atoms with E-state index < -0.39 is 23.0 Å². The molecule has 0 aliphatic rings. The minimum absolute atomic E-state index is 0.0705. The van der Waals surface area contributed by atoms with Crippen molar-refractivity contribution in [3.63, 3.8) is 0 Å². The number of aryl methyl sites for hydroxylation is 1. The van der Waals surface area contributed by atoms with Gasteiger partial charge in [-0.25, -0.2) is 19.2 Å². The molecule has 0 atom stereocenters. The van der Waals surface area contributed by atoms with Crippen molar-refractivity contribution in [3.8, 4) is 11.6 Å². The van der Waals surface area contributed by atoms with E-state index in [9.17, 15) is 18.8 Å². The van der Waals surface area contributed by atoms with Crippen LogP contribution in [0.1, 0.15) is 29.3 Å². The molecule has 3 heterocycles. The molecule has 0 bridgehead atoms. The van der Waals surface area contributed by atoms with Gasteiger partial charge < -0.3 is 10.1 Å². The molecule has 0 saturated carbocycles. The number of aromatic nitrogens is 4. The molecule has 168 valence electrons. The number of pyridine rings is 2. The SMILES string of the molecule is CCCn1c(=O)[nH]c(=O)c2cc(C(=O)NCc3cccnc3Oc3cccc(F)c3)cnc21. The highest BCUT2D eigenvalue weighted by Crippen LogP contribution is 2.23. The van der Waals surface area contributed by atoms with Gasteiger partial charge in [-0.3, -0.25) is 19.1 Å². The van der Waals surface area contributed by atoms with E-state index in [0.29, 0.717) is 18.5 Å². The first-order valence-corrected chi connectivity index (χ1v) is 10.2. The summed E-state index contributed by atoms with van der Waals surface area (Å²) < 4.78 is 20.5. The summed E-state index contributed by atoms with van der Waals surface area (Å²) in [5, 5.41) is 2.88. The summed E-state index contributed by atoms with van der Waals surface area (Å²) in [5.74, 6) is -0.420. The van der Waals surface area contributed by atoms with Gasteiger partial charge in [0.1, 0.15) is 17.2 Å². The van der Waals surface area contributed by atoms with Crippen LogP contribution in [0.25, 0.3) is 11.0 Å². The molecule has 9 nitrogen and oxygen atoms in total. The van der Waals surface area contributed by atoms with E-state index in [-0.39, 0.29) is 34.8 Å². The molecule has 3 aromatic heterocycles. The molecule has 1 aromatic carbocycles. The largest absolute Gasteiger partial charge is 0.439 e. The summed E-state index contributed by atoms with van der Waals surface area (Å²) in [6, 6.07) is 10.4. The number of aromatic amines is 1. The molecule has 0 spiro atoms. The van der Waals surface area contributed by atoms with Gasteiger partial charge in [-0.1, -0.05) is 19.1 Å². The molecule has 2 N–H and O–H groups in total. The van der Waals surface area contributed by atoms with Gasteiger partial charge in [-0.15, -0.1) is 0 Å². The predicted octanol–water partition coefficient (Wildman–Crippen LogP) is 2.75. The molecular weight excluding hydrogens is 429 g/mol. The second-order valence-corrected chi connectivity index (χ2v) is 7.22. The first kappa shape index (κ1) is 21.9. The highest BCUT2D eigenvalue weighted by molar-refractivity contribution is 5.96. The van der Waals surface area contributed by atoms with Crippen molar-refractivity contribution in [2.45, 2.75) is 26.4 Å². The summed E-state index contributed by atoms with van der Waals surface area (Å²) in [7, 11) is 0. The van der Waals surface area contributed by atoms with Gasteiger partial charge in [0.15, 0.2) is 0 Å². The van der Waals surface area contributed by atoms with E-state index in [2.05, 4.69) is 20.3 Å². The van der Waals surface area contributed by atoms with Crippen molar-refractivity contribution in [1.29, 1.82) is 0 Å². The van der Waals surface area contributed by atoms with Crippen molar-refractivity contribution >= 4 is 16.9 Å². The number of benzene rings is 1. The van der Waals surface area contributed by atoms with Gasteiger partial charge in [-0.2, -0.15) is 0 Å². The zero-order valence-corrected chi connectivity index (χ0v) is 17.7.